The second-order valence-electron chi connectivity index (χ2n) is 3.23. The van der Waals surface area contributed by atoms with E-state index in [0.717, 1.165) is 0 Å². The topological polar surface area (TPSA) is 72.7 Å². The van der Waals surface area contributed by atoms with E-state index in [2.05, 4.69) is 20.6 Å². The van der Waals surface area contributed by atoms with Gasteiger partial charge in [0.2, 0.25) is 0 Å². The summed E-state index contributed by atoms with van der Waals surface area (Å²) in [5, 5.41) is 13.7. The van der Waals surface area contributed by atoms with Crippen LogP contribution in [0.25, 0.3) is 0 Å². The van der Waals surface area contributed by atoms with Crippen molar-refractivity contribution >= 4 is 34.8 Å². The molecule has 0 aliphatic heterocycles. The van der Waals surface area contributed by atoms with Gasteiger partial charge in [0.25, 0.3) is 5.91 Å². The molecule has 1 N–H and O–H groups in total. The van der Waals surface area contributed by atoms with Crippen molar-refractivity contribution < 1.29 is 4.79 Å². The summed E-state index contributed by atoms with van der Waals surface area (Å²) in [5.74, 6) is -0.417. The van der Waals surface area contributed by atoms with Gasteiger partial charge in [-0.3, -0.25) is 9.48 Å². The number of hydrogen-bond acceptors (Lipinski definition) is 4. The Hall–Kier alpha value is -1.66. The van der Waals surface area contributed by atoms with Crippen molar-refractivity contribution in [1.29, 1.82) is 0 Å². The molecule has 88 valence electrons. The van der Waals surface area contributed by atoms with Crippen molar-refractivity contribution in [2.45, 2.75) is 0 Å². The third-order valence-electron chi connectivity index (χ3n) is 1.93. The average molecular weight is 272 g/mol. The van der Waals surface area contributed by atoms with Crippen LogP contribution in [-0.2, 0) is 7.05 Å². The van der Waals surface area contributed by atoms with E-state index in [4.69, 9.17) is 23.2 Å². The number of aryl methyl sites for hydroxylation is 1. The molecule has 0 unspecified atom stereocenters. The number of hydrogen-bond donors (Lipinski definition) is 1. The first-order chi connectivity index (χ1) is 8.06. The van der Waals surface area contributed by atoms with Crippen LogP contribution in [0.2, 0.25) is 10.3 Å². The fraction of sp³-hybridized carbons (Fsp3) is 0.111. The van der Waals surface area contributed by atoms with Crippen molar-refractivity contribution in [3.63, 3.8) is 0 Å². The van der Waals surface area contributed by atoms with Gasteiger partial charge in [-0.15, -0.1) is 10.2 Å². The highest BCUT2D eigenvalue weighted by molar-refractivity contribution is 6.34. The van der Waals surface area contributed by atoms with E-state index in [0.29, 0.717) is 5.69 Å². The van der Waals surface area contributed by atoms with E-state index in [1.165, 1.54) is 12.3 Å². The van der Waals surface area contributed by atoms with Gasteiger partial charge in [0.1, 0.15) is 0 Å². The Balaban J connectivity index is 2.22. The largest absolute Gasteiger partial charge is 0.319 e. The van der Waals surface area contributed by atoms with E-state index in [1.807, 2.05) is 0 Å². The maximum atomic E-state index is 11.8. The lowest BCUT2D eigenvalue weighted by molar-refractivity contribution is 0.102. The minimum absolute atomic E-state index is 0.00390. The van der Waals surface area contributed by atoms with E-state index >= 15 is 0 Å². The summed E-state index contributed by atoms with van der Waals surface area (Å²) in [6.45, 7) is 0. The molecular formula is C9H7Cl2N5O. The van der Waals surface area contributed by atoms with Crippen LogP contribution in [-0.4, -0.2) is 25.9 Å². The van der Waals surface area contributed by atoms with Crippen molar-refractivity contribution in [2.75, 3.05) is 5.32 Å². The molecule has 0 aliphatic rings. The zero-order valence-electron chi connectivity index (χ0n) is 8.69. The number of aromatic nitrogens is 4. The average Bonchev–Trinajstić information content (AvgIpc) is 2.67. The highest BCUT2D eigenvalue weighted by Gasteiger charge is 2.13. The molecule has 0 atom stereocenters. The van der Waals surface area contributed by atoms with Crippen LogP contribution in [0, 0.1) is 0 Å². The summed E-state index contributed by atoms with van der Waals surface area (Å²) in [6.07, 6.45) is 3.17. The number of amides is 1. The molecule has 0 saturated heterocycles. The lowest BCUT2D eigenvalue weighted by Gasteiger charge is -2.03. The first-order valence-corrected chi connectivity index (χ1v) is 5.30. The van der Waals surface area contributed by atoms with Gasteiger partial charge in [0.15, 0.2) is 10.3 Å². The molecule has 0 bridgehead atoms. The molecule has 0 saturated carbocycles. The maximum absolute atomic E-state index is 11.8. The number of nitrogens with one attached hydrogen (secondary N) is 1. The predicted octanol–water partition coefficient (Wildman–Crippen LogP) is 1.77. The van der Waals surface area contributed by atoms with E-state index < -0.39 is 5.91 Å². The van der Waals surface area contributed by atoms with Gasteiger partial charge in [-0.25, -0.2) is 0 Å². The number of nitrogens with zero attached hydrogens (tertiary/aromatic N) is 4. The molecule has 2 heterocycles. The first kappa shape index (κ1) is 11.8. The molecular weight excluding hydrogens is 265 g/mol. The van der Waals surface area contributed by atoms with Crippen LogP contribution < -0.4 is 5.32 Å². The monoisotopic (exact) mass is 271 g/mol. The quantitative estimate of drug-likeness (QED) is 0.904. The molecule has 0 aromatic carbocycles. The van der Waals surface area contributed by atoms with E-state index in [1.54, 1.807) is 17.9 Å². The second kappa shape index (κ2) is 4.68. The predicted molar refractivity (Wildman–Crippen MR) is 63.2 cm³/mol. The minimum atomic E-state index is -0.417. The van der Waals surface area contributed by atoms with Crippen molar-refractivity contribution in [3.05, 3.63) is 34.3 Å². The zero-order chi connectivity index (χ0) is 12.4. The molecule has 0 radical (unpaired) electrons. The Morgan fingerprint density at radius 3 is 2.82 bits per heavy atom. The summed E-state index contributed by atoms with van der Waals surface area (Å²) in [6, 6.07) is 1.35. The van der Waals surface area contributed by atoms with Gasteiger partial charge < -0.3 is 5.32 Å². The van der Waals surface area contributed by atoms with E-state index in [-0.39, 0.29) is 15.9 Å². The Bertz CT molecular complexity index is 568. The number of rotatable bonds is 2. The smallest absolute Gasteiger partial charge is 0.259 e. The van der Waals surface area contributed by atoms with Gasteiger partial charge in [0.05, 0.1) is 17.4 Å². The number of carbonyl (C=O) groups excluding carboxylic acids is 1. The molecule has 1 amide bonds. The summed E-state index contributed by atoms with van der Waals surface area (Å²) < 4.78 is 1.56. The Morgan fingerprint density at radius 2 is 2.18 bits per heavy atom. The fourth-order valence-electron chi connectivity index (χ4n) is 1.20. The third kappa shape index (κ3) is 2.72. The Labute approximate surface area is 107 Å². The van der Waals surface area contributed by atoms with Crippen LogP contribution in [0.3, 0.4) is 0 Å². The van der Waals surface area contributed by atoms with Gasteiger partial charge in [-0.1, -0.05) is 23.2 Å². The molecule has 17 heavy (non-hydrogen) atoms. The SMILES string of the molecule is Cn1cc(NC(=O)c2cc(Cl)nnc2Cl)cn1. The molecule has 2 aromatic rings. The van der Waals surface area contributed by atoms with Crippen LogP contribution in [0.15, 0.2) is 18.5 Å². The first-order valence-electron chi connectivity index (χ1n) is 4.55. The Morgan fingerprint density at radius 1 is 1.41 bits per heavy atom. The summed E-state index contributed by atoms with van der Waals surface area (Å²) in [4.78, 5) is 11.8. The summed E-state index contributed by atoms with van der Waals surface area (Å²) in [7, 11) is 1.74. The van der Waals surface area contributed by atoms with Gasteiger partial charge in [-0.05, 0) is 6.07 Å². The highest BCUT2D eigenvalue weighted by atomic mass is 35.5. The zero-order valence-corrected chi connectivity index (χ0v) is 10.2. The third-order valence-corrected chi connectivity index (χ3v) is 2.39. The van der Waals surface area contributed by atoms with Crippen molar-refractivity contribution in [1.82, 2.24) is 20.0 Å². The molecule has 0 fully saturated rings. The lowest BCUT2D eigenvalue weighted by atomic mass is 10.3. The van der Waals surface area contributed by atoms with Crippen LogP contribution in [0.1, 0.15) is 10.4 Å². The molecule has 0 spiro atoms. The van der Waals surface area contributed by atoms with Crippen LogP contribution in [0.5, 0.6) is 0 Å². The van der Waals surface area contributed by atoms with Gasteiger partial charge in [0, 0.05) is 13.2 Å². The fourth-order valence-corrected chi connectivity index (χ4v) is 1.52. The van der Waals surface area contributed by atoms with Gasteiger partial charge in [-0.2, -0.15) is 5.10 Å². The normalized spacial score (nSPS) is 10.3. The maximum Gasteiger partial charge on any atom is 0.259 e. The van der Waals surface area contributed by atoms with Crippen molar-refractivity contribution in [3.8, 4) is 0 Å². The number of carbonyl (C=O) groups is 1. The number of anilines is 1. The molecule has 8 heteroatoms. The summed E-state index contributed by atoms with van der Waals surface area (Å²) in [5.41, 5.74) is 0.719. The van der Waals surface area contributed by atoms with Crippen molar-refractivity contribution in [2.24, 2.45) is 7.05 Å². The molecule has 6 nitrogen and oxygen atoms in total. The van der Waals surface area contributed by atoms with E-state index in [9.17, 15) is 4.79 Å². The molecule has 2 rings (SSSR count). The second-order valence-corrected chi connectivity index (χ2v) is 3.97. The lowest BCUT2D eigenvalue weighted by Crippen LogP contribution is -2.13. The highest BCUT2D eigenvalue weighted by Crippen LogP contribution is 2.17. The number of halogens is 2. The minimum Gasteiger partial charge on any atom is -0.319 e. The summed E-state index contributed by atoms with van der Waals surface area (Å²) >= 11 is 11.4. The Kier molecular flexibility index (Phi) is 3.26. The molecule has 2 aromatic heterocycles. The van der Waals surface area contributed by atoms with Gasteiger partial charge >= 0.3 is 0 Å². The molecule has 0 aliphatic carbocycles. The van der Waals surface area contributed by atoms with Crippen LogP contribution >= 0.6 is 23.2 Å². The van der Waals surface area contributed by atoms with Crippen LogP contribution in [0.4, 0.5) is 5.69 Å². The standard InChI is InChI=1S/C9H7Cl2N5O/c1-16-4-5(3-12-16)13-9(17)6-2-7(10)14-15-8(6)11/h2-4H,1H3,(H,13,17).